The molecule has 0 saturated carbocycles. The number of hydrogen-bond acceptors (Lipinski definition) is 5. The quantitative estimate of drug-likeness (QED) is 0.673. The van der Waals surface area contributed by atoms with Gasteiger partial charge in [-0.3, -0.25) is 0 Å². The van der Waals surface area contributed by atoms with Gasteiger partial charge in [0, 0.05) is 18.5 Å². The lowest BCUT2D eigenvalue weighted by atomic mass is 10.0. The minimum Gasteiger partial charge on any atom is -0.495 e. The Kier molecular flexibility index (Phi) is 5.43. The number of fused-ring (bicyclic) bond motifs is 1. The molecule has 29 heavy (non-hydrogen) atoms. The van der Waals surface area contributed by atoms with Crippen LogP contribution in [0.15, 0.2) is 59.5 Å². The van der Waals surface area contributed by atoms with Gasteiger partial charge in [0.25, 0.3) is 0 Å². The van der Waals surface area contributed by atoms with Gasteiger partial charge in [0.05, 0.1) is 23.2 Å². The summed E-state index contributed by atoms with van der Waals surface area (Å²) in [5.74, 6) is 1.98. The molecule has 6 nitrogen and oxygen atoms in total. The molecule has 0 bridgehead atoms. The van der Waals surface area contributed by atoms with Gasteiger partial charge in [0.15, 0.2) is 0 Å². The molecule has 1 aromatic heterocycles. The lowest BCUT2D eigenvalue weighted by Crippen LogP contribution is -2.37. The summed E-state index contributed by atoms with van der Waals surface area (Å²) in [7, 11) is -1.85. The number of sulfonamides is 1. The van der Waals surface area contributed by atoms with Gasteiger partial charge in [-0.1, -0.05) is 19.1 Å². The Morgan fingerprint density at radius 3 is 2.59 bits per heavy atom. The minimum absolute atomic E-state index is 0.326. The van der Waals surface area contributed by atoms with E-state index >= 15 is 0 Å². The first-order valence-electron chi connectivity index (χ1n) is 9.78. The van der Waals surface area contributed by atoms with Crippen LogP contribution in [0.3, 0.4) is 0 Å². The molecule has 2 heterocycles. The van der Waals surface area contributed by atoms with Gasteiger partial charge in [-0.05, 0) is 61.2 Å². The van der Waals surface area contributed by atoms with E-state index in [0.717, 1.165) is 35.2 Å². The van der Waals surface area contributed by atoms with E-state index in [1.54, 1.807) is 29.6 Å². The number of ether oxygens (including phenoxy) is 1. The van der Waals surface area contributed by atoms with Gasteiger partial charge in [-0.25, -0.2) is 13.4 Å². The number of benzene rings is 2. The van der Waals surface area contributed by atoms with Crippen LogP contribution in [0.25, 0.3) is 10.9 Å². The molecule has 1 fully saturated rings. The molecular formula is C22H25N3O3S. The van der Waals surface area contributed by atoms with Crippen molar-refractivity contribution in [3.63, 3.8) is 0 Å². The summed E-state index contributed by atoms with van der Waals surface area (Å²) in [5, 5.41) is 4.05. The van der Waals surface area contributed by atoms with Crippen molar-refractivity contribution in [1.29, 1.82) is 0 Å². The highest BCUT2D eigenvalue weighted by atomic mass is 32.2. The van der Waals surface area contributed by atoms with E-state index in [1.807, 2.05) is 36.4 Å². The van der Waals surface area contributed by atoms with Crippen LogP contribution in [-0.2, 0) is 10.0 Å². The smallest absolute Gasteiger partial charge is 0.243 e. The standard InChI is InChI=1S/C22H25N3O3S/c1-16-11-13-25(14-12-16)29(26,27)18-8-9-19-17(15-18)7-10-22(23-19)24-20-5-3-4-6-21(20)28-2/h3-10,15-16H,11-14H2,1-2H3,(H,23,24). The van der Waals surface area contributed by atoms with E-state index in [0.29, 0.717) is 29.7 Å². The molecule has 3 aromatic rings. The average molecular weight is 412 g/mol. The van der Waals surface area contributed by atoms with Crippen molar-refractivity contribution in [2.24, 2.45) is 5.92 Å². The van der Waals surface area contributed by atoms with Gasteiger partial charge in [-0.15, -0.1) is 0 Å². The van der Waals surface area contributed by atoms with E-state index < -0.39 is 10.0 Å². The molecule has 2 aromatic carbocycles. The highest BCUT2D eigenvalue weighted by molar-refractivity contribution is 7.89. The van der Waals surface area contributed by atoms with Crippen molar-refractivity contribution >= 4 is 32.4 Å². The third kappa shape index (κ3) is 4.06. The summed E-state index contributed by atoms with van der Waals surface area (Å²) in [5.41, 5.74) is 1.55. The summed E-state index contributed by atoms with van der Waals surface area (Å²) < 4.78 is 32.9. The Morgan fingerprint density at radius 2 is 1.83 bits per heavy atom. The summed E-state index contributed by atoms with van der Waals surface area (Å²) in [6, 6.07) is 16.5. The molecule has 0 spiro atoms. The number of piperidine rings is 1. The number of hydrogen-bond donors (Lipinski definition) is 1. The number of anilines is 2. The Morgan fingerprint density at radius 1 is 1.07 bits per heavy atom. The van der Waals surface area contributed by atoms with Crippen LogP contribution in [-0.4, -0.2) is 37.9 Å². The van der Waals surface area contributed by atoms with Crippen LogP contribution in [0.5, 0.6) is 5.75 Å². The maximum absolute atomic E-state index is 13.0. The third-order valence-electron chi connectivity index (χ3n) is 5.41. The van der Waals surface area contributed by atoms with Gasteiger partial charge in [0.2, 0.25) is 10.0 Å². The van der Waals surface area contributed by atoms with Crippen LogP contribution in [0.2, 0.25) is 0 Å². The van der Waals surface area contributed by atoms with Crippen molar-refractivity contribution in [3.05, 3.63) is 54.6 Å². The summed E-state index contributed by atoms with van der Waals surface area (Å²) >= 11 is 0. The van der Waals surface area contributed by atoms with E-state index in [1.165, 1.54) is 0 Å². The van der Waals surface area contributed by atoms with Gasteiger partial charge >= 0.3 is 0 Å². The monoisotopic (exact) mass is 411 g/mol. The van der Waals surface area contributed by atoms with Crippen molar-refractivity contribution in [2.45, 2.75) is 24.7 Å². The number of aromatic nitrogens is 1. The molecule has 152 valence electrons. The molecule has 1 saturated heterocycles. The highest BCUT2D eigenvalue weighted by Crippen LogP contribution is 2.29. The second-order valence-corrected chi connectivity index (χ2v) is 9.40. The van der Waals surface area contributed by atoms with E-state index in [2.05, 4.69) is 17.2 Å². The lowest BCUT2D eigenvalue weighted by Gasteiger charge is -2.29. The van der Waals surface area contributed by atoms with Crippen molar-refractivity contribution in [2.75, 3.05) is 25.5 Å². The molecule has 0 amide bonds. The van der Waals surface area contributed by atoms with Crippen molar-refractivity contribution < 1.29 is 13.2 Å². The number of nitrogens with zero attached hydrogens (tertiary/aromatic N) is 2. The van der Waals surface area contributed by atoms with Crippen LogP contribution in [0, 0.1) is 5.92 Å². The molecule has 0 atom stereocenters. The average Bonchev–Trinajstić information content (AvgIpc) is 2.74. The molecule has 0 radical (unpaired) electrons. The fourth-order valence-corrected chi connectivity index (χ4v) is 5.10. The topological polar surface area (TPSA) is 71.5 Å². The van der Waals surface area contributed by atoms with E-state index in [4.69, 9.17) is 4.74 Å². The molecule has 1 N–H and O–H groups in total. The molecule has 1 aliphatic heterocycles. The minimum atomic E-state index is -3.47. The highest BCUT2D eigenvalue weighted by Gasteiger charge is 2.28. The van der Waals surface area contributed by atoms with Crippen LogP contribution in [0.4, 0.5) is 11.5 Å². The Labute approximate surface area is 171 Å². The number of rotatable bonds is 5. The van der Waals surface area contributed by atoms with E-state index in [-0.39, 0.29) is 0 Å². The molecule has 1 aliphatic rings. The van der Waals surface area contributed by atoms with Crippen LogP contribution < -0.4 is 10.1 Å². The third-order valence-corrected chi connectivity index (χ3v) is 7.31. The predicted octanol–water partition coefficient (Wildman–Crippen LogP) is 4.41. The molecule has 4 rings (SSSR count). The Balaban J connectivity index is 1.60. The molecule has 7 heteroatoms. The fraction of sp³-hybridized carbons (Fsp3) is 0.318. The number of methoxy groups -OCH3 is 1. The largest absolute Gasteiger partial charge is 0.495 e. The number of para-hydroxylation sites is 2. The Hall–Kier alpha value is -2.64. The number of nitrogens with one attached hydrogen (secondary N) is 1. The van der Waals surface area contributed by atoms with Crippen molar-refractivity contribution in [1.82, 2.24) is 9.29 Å². The van der Waals surface area contributed by atoms with E-state index in [9.17, 15) is 8.42 Å². The van der Waals surface area contributed by atoms with Crippen molar-refractivity contribution in [3.8, 4) is 5.75 Å². The summed E-state index contributed by atoms with van der Waals surface area (Å²) in [4.78, 5) is 4.94. The SMILES string of the molecule is COc1ccccc1Nc1ccc2cc(S(=O)(=O)N3CCC(C)CC3)ccc2n1. The first-order valence-corrected chi connectivity index (χ1v) is 11.2. The molecule has 0 unspecified atom stereocenters. The fourth-order valence-electron chi connectivity index (χ4n) is 3.59. The maximum Gasteiger partial charge on any atom is 0.243 e. The first kappa shape index (κ1) is 19.7. The lowest BCUT2D eigenvalue weighted by molar-refractivity contribution is 0.288. The zero-order chi connectivity index (χ0) is 20.4. The molecular weight excluding hydrogens is 386 g/mol. The zero-order valence-electron chi connectivity index (χ0n) is 16.6. The Bertz CT molecular complexity index is 1120. The normalized spacial score (nSPS) is 16.1. The van der Waals surface area contributed by atoms with Gasteiger partial charge < -0.3 is 10.1 Å². The van der Waals surface area contributed by atoms with Crippen LogP contribution in [0.1, 0.15) is 19.8 Å². The van der Waals surface area contributed by atoms with Crippen LogP contribution >= 0.6 is 0 Å². The summed E-state index contributed by atoms with van der Waals surface area (Å²) in [6.45, 7) is 3.34. The van der Waals surface area contributed by atoms with Gasteiger partial charge in [-0.2, -0.15) is 4.31 Å². The number of pyridine rings is 1. The predicted molar refractivity (Wildman–Crippen MR) is 115 cm³/mol. The first-order chi connectivity index (χ1) is 14.0. The molecule has 0 aliphatic carbocycles. The zero-order valence-corrected chi connectivity index (χ0v) is 17.4. The summed E-state index contributed by atoms with van der Waals surface area (Å²) in [6.07, 6.45) is 1.82. The maximum atomic E-state index is 13.0. The second-order valence-electron chi connectivity index (χ2n) is 7.46. The van der Waals surface area contributed by atoms with Gasteiger partial charge in [0.1, 0.15) is 11.6 Å². The second kappa shape index (κ2) is 8.00.